The fraction of sp³-hybridized carbons (Fsp3) is 0.227. The summed E-state index contributed by atoms with van der Waals surface area (Å²) in [6.45, 7) is 1.08. The van der Waals surface area contributed by atoms with Crippen molar-refractivity contribution in [2.24, 2.45) is 0 Å². The van der Waals surface area contributed by atoms with Gasteiger partial charge in [0.1, 0.15) is 5.82 Å². The lowest BCUT2D eigenvalue weighted by atomic mass is 10.0. The molecule has 1 aliphatic heterocycles. The first kappa shape index (κ1) is 18.4. The Balaban J connectivity index is 1.70. The lowest BCUT2D eigenvalue weighted by molar-refractivity contribution is 0.0734. The Morgan fingerprint density at radius 2 is 1.75 bits per heavy atom. The molecule has 3 aromatic rings. The summed E-state index contributed by atoms with van der Waals surface area (Å²) in [7, 11) is 3.93. The summed E-state index contributed by atoms with van der Waals surface area (Å²) < 4.78 is 0. The highest BCUT2D eigenvalue weighted by Crippen LogP contribution is 2.30. The van der Waals surface area contributed by atoms with Crippen LogP contribution in [0.1, 0.15) is 21.6 Å². The molecule has 0 radical (unpaired) electrons. The third-order valence-electron chi connectivity index (χ3n) is 4.89. The summed E-state index contributed by atoms with van der Waals surface area (Å²) in [5.74, 6) is 1.50. The Morgan fingerprint density at radius 1 is 1.04 bits per heavy atom. The van der Waals surface area contributed by atoms with Gasteiger partial charge in [-0.1, -0.05) is 54.1 Å². The third-order valence-corrected chi connectivity index (χ3v) is 5.22. The van der Waals surface area contributed by atoms with E-state index in [-0.39, 0.29) is 5.91 Å². The highest BCUT2D eigenvalue weighted by Gasteiger charge is 2.27. The van der Waals surface area contributed by atoms with Gasteiger partial charge in [0.15, 0.2) is 5.82 Å². The van der Waals surface area contributed by atoms with Gasteiger partial charge >= 0.3 is 0 Å². The van der Waals surface area contributed by atoms with Crippen LogP contribution in [0.5, 0.6) is 0 Å². The first-order valence-electron chi connectivity index (χ1n) is 9.21. The van der Waals surface area contributed by atoms with Crippen molar-refractivity contribution in [3.63, 3.8) is 0 Å². The van der Waals surface area contributed by atoms with Crippen molar-refractivity contribution in [1.29, 1.82) is 0 Å². The van der Waals surface area contributed by atoms with Crippen LogP contribution in [0.15, 0.2) is 54.6 Å². The van der Waals surface area contributed by atoms with Crippen LogP contribution in [0.25, 0.3) is 11.4 Å². The summed E-state index contributed by atoms with van der Waals surface area (Å²) in [6.07, 6.45) is 0.689. The highest BCUT2D eigenvalue weighted by atomic mass is 35.5. The van der Waals surface area contributed by atoms with Crippen molar-refractivity contribution in [3.05, 3.63) is 76.4 Å². The third kappa shape index (κ3) is 3.45. The first-order valence-corrected chi connectivity index (χ1v) is 9.58. The number of nitrogens with zero attached hydrogens (tertiary/aromatic N) is 4. The van der Waals surface area contributed by atoms with Gasteiger partial charge in [-0.25, -0.2) is 9.97 Å². The zero-order valence-electron chi connectivity index (χ0n) is 15.9. The maximum atomic E-state index is 13.0. The molecule has 2 heterocycles. The van der Waals surface area contributed by atoms with Gasteiger partial charge < -0.3 is 9.80 Å². The van der Waals surface area contributed by atoms with E-state index in [1.54, 1.807) is 12.1 Å². The van der Waals surface area contributed by atoms with Gasteiger partial charge in [0.05, 0.1) is 22.8 Å². The van der Waals surface area contributed by atoms with Gasteiger partial charge in [0, 0.05) is 38.2 Å². The Bertz CT molecular complexity index is 1020. The molecule has 0 atom stereocenters. The van der Waals surface area contributed by atoms with E-state index in [1.165, 1.54) is 0 Å². The molecule has 1 aromatic heterocycles. The van der Waals surface area contributed by atoms with Crippen LogP contribution in [0.4, 0.5) is 5.82 Å². The van der Waals surface area contributed by atoms with Gasteiger partial charge in [0.25, 0.3) is 5.91 Å². The quantitative estimate of drug-likeness (QED) is 0.674. The second-order valence-corrected chi connectivity index (χ2v) is 7.42. The zero-order chi connectivity index (χ0) is 19.7. The normalized spacial score (nSPS) is 13.2. The molecule has 0 fully saturated rings. The first-order chi connectivity index (χ1) is 13.5. The fourth-order valence-electron chi connectivity index (χ4n) is 3.46. The molecule has 6 heteroatoms. The second kappa shape index (κ2) is 7.60. The zero-order valence-corrected chi connectivity index (χ0v) is 16.6. The molecule has 0 N–H and O–H groups in total. The van der Waals surface area contributed by atoms with E-state index in [0.29, 0.717) is 35.9 Å². The summed E-state index contributed by atoms with van der Waals surface area (Å²) >= 11 is 6.23. The van der Waals surface area contributed by atoms with E-state index in [4.69, 9.17) is 21.6 Å². The molecule has 0 aliphatic carbocycles. The van der Waals surface area contributed by atoms with E-state index >= 15 is 0 Å². The summed E-state index contributed by atoms with van der Waals surface area (Å²) in [6, 6.07) is 17.1. The molecule has 0 saturated heterocycles. The number of carbonyl (C=O) groups excluding carboxylic acids is 1. The SMILES string of the molecule is CN(C)c1nc(-c2ccccc2)nc2c1CN(C(=O)c1ccccc1Cl)CC2. The average molecular weight is 393 g/mol. The highest BCUT2D eigenvalue weighted by molar-refractivity contribution is 6.33. The predicted octanol–water partition coefficient (Wildman–Crippen LogP) is 4.06. The number of anilines is 1. The Kier molecular flexibility index (Phi) is 5.01. The summed E-state index contributed by atoms with van der Waals surface area (Å²) in [5, 5.41) is 0.474. The molecule has 4 rings (SSSR count). The molecule has 0 unspecified atom stereocenters. The largest absolute Gasteiger partial charge is 0.362 e. The van der Waals surface area contributed by atoms with Crippen molar-refractivity contribution in [2.45, 2.75) is 13.0 Å². The molecule has 1 aliphatic rings. The molecular weight excluding hydrogens is 372 g/mol. The van der Waals surface area contributed by atoms with E-state index in [2.05, 4.69) is 0 Å². The molecule has 5 nitrogen and oxygen atoms in total. The number of hydrogen-bond acceptors (Lipinski definition) is 4. The number of rotatable bonds is 3. The number of aromatic nitrogens is 2. The molecule has 2 aromatic carbocycles. The van der Waals surface area contributed by atoms with E-state index in [1.807, 2.05) is 66.4 Å². The van der Waals surface area contributed by atoms with Crippen LogP contribution in [0.3, 0.4) is 0 Å². The van der Waals surface area contributed by atoms with E-state index in [9.17, 15) is 4.79 Å². The van der Waals surface area contributed by atoms with Crippen molar-refractivity contribution >= 4 is 23.3 Å². The van der Waals surface area contributed by atoms with Crippen molar-refractivity contribution in [3.8, 4) is 11.4 Å². The molecule has 142 valence electrons. The maximum Gasteiger partial charge on any atom is 0.255 e. The Morgan fingerprint density at radius 3 is 2.46 bits per heavy atom. The van der Waals surface area contributed by atoms with Crippen molar-refractivity contribution in [2.75, 3.05) is 25.5 Å². The average Bonchev–Trinajstić information content (AvgIpc) is 2.73. The smallest absolute Gasteiger partial charge is 0.255 e. The standard InChI is InChI=1S/C22H21ClN4O/c1-26(2)21-17-14-27(22(28)16-10-6-7-11-18(16)23)13-12-19(17)24-20(25-21)15-8-4-3-5-9-15/h3-11H,12-14H2,1-2H3. The second-order valence-electron chi connectivity index (χ2n) is 7.01. The monoisotopic (exact) mass is 392 g/mol. The number of fused-ring (bicyclic) bond motifs is 1. The summed E-state index contributed by atoms with van der Waals surface area (Å²) in [5.41, 5.74) is 3.51. The molecule has 0 bridgehead atoms. The minimum atomic E-state index is -0.0620. The Labute approximate surface area is 169 Å². The van der Waals surface area contributed by atoms with Crippen LogP contribution in [-0.2, 0) is 13.0 Å². The summed E-state index contributed by atoms with van der Waals surface area (Å²) in [4.78, 5) is 26.4. The minimum Gasteiger partial charge on any atom is -0.362 e. The number of carbonyl (C=O) groups is 1. The van der Waals surface area contributed by atoms with Crippen LogP contribution in [0, 0.1) is 0 Å². The van der Waals surface area contributed by atoms with Crippen LogP contribution >= 0.6 is 11.6 Å². The Hall–Kier alpha value is -2.92. The van der Waals surface area contributed by atoms with Crippen molar-refractivity contribution < 1.29 is 4.79 Å². The van der Waals surface area contributed by atoms with Gasteiger partial charge in [-0.15, -0.1) is 0 Å². The molecular formula is C22H21ClN4O. The fourth-order valence-corrected chi connectivity index (χ4v) is 3.68. The van der Waals surface area contributed by atoms with Gasteiger partial charge in [-0.3, -0.25) is 4.79 Å². The molecule has 0 saturated carbocycles. The predicted molar refractivity (Wildman–Crippen MR) is 112 cm³/mol. The number of amides is 1. The van der Waals surface area contributed by atoms with Gasteiger partial charge in [-0.05, 0) is 12.1 Å². The molecule has 28 heavy (non-hydrogen) atoms. The number of benzene rings is 2. The topological polar surface area (TPSA) is 49.3 Å². The van der Waals surface area contributed by atoms with E-state index < -0.39 is 0 Å². The lowest BCUT2D eigenvalue weighted by Crippen LogP contribution is -2.37. The van der Waals surface area contributed by atoms with Crippen LogP contribution in [-0.4, -0.2) is 41.4 Å². The minimum absolute atomic E-state index is 0.0620. The van der Waals surface area contributed by atoms with E-state index in [0.717, 1.165) is 22.6 Å². The number of halogens is 1. The maximum absolute atomic E-state index is 13.0. The van der Waals surface area contributed by atoms with Crippen molar-refractivity contribution in [1.82, 2.24) is 14.9 Å². The lowest BCUT2D eigenvalue weighted by Gasteiger charge is -2.31. The van der Waals surface area contributed by atoms with Crippen LogP contribution < -0.4 is 4.90 Å². The van der Waals surface area contributed by atoms with Gasteiger partial charge in [0.2, 0.25) is 0 Å². The van der Waals surface area contributed by atoms with Crippen LogP contribution in [0.2, 0.25) is 5.02 Å². The van der Waals surface area contributed by atoms with Gasteiger partial charge in [-0.2, -0.15) is 0 Å². The molecule has 0 spiro atoms. The number of hydrogen-bond donors (Lipinski definition) is 0. The molecule has 1 amide bonds.